The first-order chi connectivity index (χ1) is 10.6. The third kappa shape index (κ3) is 1.95. The molecule has 3 aliphatic rings. The van der Waals surface area contributed by atoms with E-state index in [0.717, 1.165) is 12.8 Å². The molecule has 0 spiro atoms. The Morgan fingerprint density at radius 1 is 1.18 bits per heavy atom. The molecule has 4 rings (SSSR count). The zero-order chi connectivity index (χ0) is 15.3. The third-order valence-electron chi connectivity index (χ3n) is 5.20. The lowest BCUT2D eigenvalue weighted by Gasteiger charge is -2.22. The lowest BCUT2D eigenvalue weighted by molar-refractivity contribution is -0.154. The molecule has 1 aromatic rings. The molecule has 5 unspecified atom stereocenters. The van der Waals surface area contributed by atoms with Crippen molar-refractivity contribution in [3.8, 4) is 0 Å². The number of hydrogen-bond acceptors (Lipinski definition) is 5. The van der Waals surface area contributed by atoms with E-state index in [2.05, 4.69) is 0 Å². The van der Waals surface area contributed by atoms with E-state index in [-0.39, 0.29) is 42.2 Å². The lowest BCUT2D eigenvalue weighted by Crippen LogP contribution is -2.34. The number of ether oxygens (including phenoxy) is 2. The molecule has 114 valence electrons. The Bertz CT molecular complexity index is 636. The number of carbonyl (C=O) groups is 3. The fourth-order valence-corrected chi connectivity index (χ4v) is 4.27. The van der Waals surface area contributed by atoms with Gasteiger partial charge in [0.2, 0.25) is 0 Å². The highest BCUT2D eigenvalue weighted by Crippen LogP contribution is 2.57. The molecule has 5 nitrogen and oxygen atoms in total. The Balaban J connectivity index is 1.41. The average Bonchev–Trinajstić information content (AvgIpc) is 3.15. The maximum absolute atomic E-state index is 12.3. The molecule has 1 heterocycles. The van der Waals surface area contributed by atoms with Gasteiger partial charge < -0.3 is 9.47 Å². The van der Waals surface area contributed by atoms with Crippen molar-refractivity contribution in [2.75, 3.05) is 6.61 Å². The number of carbonyl (C=O) groups excluding carboxylic acids is 3. The summed E-state index contributed by atoms with van der Waals surface area (Å²) < 4.78 is 10.5. The van der Waals surface area contributed by atoms with Gasteiger partial charge in [0, 0.05) is 11.5 Å². The standard InChI is InChI=1S/C17H16O5/c18-12(9-4-2-1-3-5-9)8-21-16(19)14-10-6-11-13(7-10)22-17(20)15(11)14/h1-5,10-11,13-15H,6-8H2. The number of Topliss-reactive ketones (excluding diaryl/α,β-unsaturated/α-hetero) is 1. The van der Waals surface area contributed by atoms with Crippen LogP contribution in [0.2, 0.25) is 0 Å². The molecule has 1 aliphatic heterocycles. The average molecular weight is 300 g/mol. The smallest absolute Gasteiger partial charge is 0.310 e. The van der Waals surface area contributed by atoms with Gasteiger partial charge >= 0.3 is 11.9 Å². The van der Waals surface area contributed by atoms with E-state index < -0.39 is 11.9 Å². The van der Waals surface area contributed by atoms with Crippen LogP contribution in [-0.4, -0.2) is 30.4 Å². The van der Waals surface area contributed by atoms with Gasteiger partial charge in [-0.25, -0.2) is 0 Å². The molecular formula is C17H16O5. The molecule has 2 aliphatic carbocycles. The summed E-state index contributed by atoms with van der Waals surface area (Å²) in [4.78, 5) is 36.2. The molecule has 5 heteroatoms. The summed E-state index contributed by atoms with van der Waals surface area (Å²) in [6, 6.07) is 8.72. The largest absolute Gasteiger partial charge is 0.462 e. The van der Waals surface area contributed by atoms with Gasteiger partial charge in [0.1, 0.15) is 6.10 Å². The molecule has 5 atom stereocenters. The number of ketones is 1. The van der Waals surface area contributed by atoms with Gasteiger partial charge in [0.05, 0.1) is 11.8 Å². The molecule has 2 saturated carbocycles. The van der Waals surface area contributed by atoms with Crippen molar-refractivity contribution in [1.29, 1.82) is 0 Å². The van der Waals surface area contributed by atoms with Crippen LogP contribution >= 0.6 is 0 Å². The molecule has 0 N–H and O–H groups in total. The van der Waals surface area contributed by atoms with E-state index in [1.165, 1.54) is 0 Å². The highest BCUT2D eigenvalue weighted by atomic mass is 16.6. The van der Waals surface area contributed by atoms with Gasteiger partial charge in [-0.3, -0.25) is 14.4 Å². The van der Waals surface area contributed by atoms with Gasteiger partial charge in [0.25, 0.3) is 0 Å². The van der Waals surface area contributed by atoms with Gasteiger partial charge in [-0.2, -0.15) is 0 Å². The molecule has 0 radical (unpaired) electrons. The fraction of sp³-hybridized carbons (Fsp3) is 0.471. The molecule has 0 amide bonds. The second-order valence-electron chi connectivity index (χ2n) is 6.32. The van der Waals surface area contributed by atoms with Crippen molar-refractivity contribution < 1.29 is 23.9 Å². The van der Waals surface area contributed by atoms with E-state index in [1.807, 2.05) is 6.07 Å². The summed E-state index contributed by atoms with van der Waals surface area (Å²) in [6.07, 6.45) is 1.60. The van der Waals surface area contributed by atoms with Crippen LogP contribution < -0.4 is 0 Å². The monoisotopic (exact) mass is 300 g/mol. The Labute approximate surface area is 127 Å². The SMILES string of the molecule is O=C(COC(=O)C1C2CC3OC(=O)C1C3C2)c1ccccc1. The predicted octanol–water partition coefficient (Wildman–Crippen LogP) is 1.61. The fourth-order valence-electron chi connectivity index (χ4n) is 4.27. The number of fused-ring (bicyclic) bond motifs is 1. The first-order valence-corrected chi connectivity index (χ1v) is 7.60. The van der Waals surface area contributed by atoms with Gasteiger partial charge in [0.15, 0.2) is 12.4 Å². The van der Waals surface area contributed by atoms with Crippen LogP contribution in [0.3, 0.4) is 0 Å². The van der Waals surface area contributed by atoms with Crippen molar-refractivity contribution in [3.63, 3.8) is 0 Å². The number of benzene rings is 1. The maximum atomic E-state index is 12.3. The molecule has 3 fully saturated rings. The highest BCUT2D eigenvalue weighted by molar-refractivity contribution is 5.98. The Kier molecular flexibility index (Phi) is 3.03. The first-order valence-electron chi connectivity index (χ1n) is 7.60. The lowest BCUT2D eigenvalue weighted by atomic mass is 9.80. The molecule has 1 saturated heterocycles. The summed E-state index contributed by atoms with van der Waals surface area (Å²) >= 11 is 0. The molecule has 22 heavy (non-hydrogen) atoms. The van der Waals surface area contributed by atoms with E-state index >= 15 is 0 Å². The zero-order valence-electron chi connectivity index (χ0n) is 11.9. The van der Waals surface area contributed by atoms with Gasteiger partial charge in [-0.1, -0.05) is 30.3 Å². The van der Waals surface area contributed by atoms with Gasteiger partial charge in [-0.15, -0.1) is 0 Å². The van der Waals surface area contributed by atoms with Crippen LogP contribution in [0.25, 0.3) is 0 Å². The van der Waals surface area contributed by atoms with E-state index in [4.69, 9.17) is 9.47 Å². The quantitative estimate of drug-likeness (QED) is 0.624. The Hall–Kier alpha value is -2.17. The van der Waals surface area contributed by atoms with Crippen molar-refractivity contribution >= 4 is 17.7 Å². The predicted molar refractivity (Wildman–Crippen MR) is 74.8 cm³/mol. The number of rotatable bonds is 4. The number of esters is 2. The highest BCUT2D eigenvalue weighted by Gasteiger charge is 2.64. The van der Waals surface area contributed by atoms with E-state index in [0.29, 0.717) is 5.56 Å². The zero-order valence-corrected chi connectivity index (χ0v) is 11.9. The molecule has 2 bridgehead atoms. The minimum absolute atomic E-state index is 0.00231. The normalized spacial score (nSPS) is 34.5. The van der Waals surface area contributed by atoms with Crippen LogP contribution in [0.5, 0.6) is 0 Å². The van der Waals surface area contributed by atoms with Gasteiger partial charge in [-0.05, 0) is 18.8 Å². The maximum Gasteiger partial charge on any atom is 0.310 e. The number of hydrogen-bond donors (Lipinski definition) is 0. The van der Waals surface area contributed by atoms with Crippen molar-refractivity contribution in [2.45, 2.75) is 18.9 Å². The summed E-state index contributed by atoms with van der Waals surface area (Å²) in [5, 5.41) is 0. The van der Waals surface area contributed by atoms with Crippen molar-refractivity contribution in [2.24, 2.45) is 23.7 Å². The summed E-state index contributed by atoms with van der Waals surface area (Å²) in [5.74, 6) is -1.40. The van der Waals surface area contributed by atoms with Crippen LogP contribution in [0.1, 0.15) is 23.2 Å². The molecule has 1 aromatic carbocycles. The Morgan fingerprint density at radius 2 is 1.95 bits per heavy atom. The third-order valence-corrected chi connectivity index (χ3v) is 5.20. The van der Waals surface area contributed by atoms with E-state index in [1.54, 1.807) is 24.3 Å². The van der Waals surface area contributed by atoms with Crippen LogP contribution in [0.15, 0.2) is 30.3 Å². The Morgan fingerprint density at radius 3 is 2.73 bits per heavy atom. The minimum Gasteiger partial charge on any atom is -0.462 e. The molecule has 0 aromatic heterocycles. The summed E-state index contributed by atoms with van der Waals surface area (Å²) in [5.41, 5.74) is 0.517. The molecular weight excluding hydrogens is 284 g/mol. The van der Waals surface area contributed by atoms with Crippen LogP contribution in [0, 0.1) is 23.7 Å². The van der Waals surface area contributed by atoms with Crippen molar-refractivity contribution in [3.05, 3.63) is 35.9 Å². The first kappa shape index (κ1) is 13.5. The summed E-state index contributed by atoms with van der Waals surface area (Å²) in [7, 11) is 0. The second-order valence-corrected chi connectivity index (χ2v) is 6.32. The topological polar surface area (TPSA) is 69.7 Å². The second kappa shape index (κ2) is 4.93. The van der Waals surface area contributed by atoms with Crippen molar-refractivity contribution in [1.82, 2.24) is 0 Å². The van der Waals surface area contributed by atoms with Crippen LogP contribution in [-0.2, 0) is 19.1 Å². The summed E-state index contributed by atoms with van der Waals surface area (Å²) in [6.45, 7) is -0.276. The van der Waals surface area contributed by atoms with Crippen LogP contribution in [0.4, 0.5) is 0 Å². The van der Waals surface area contributed by atoms with E-state index in [9.17, 15) is 14.4 Å². The minimum atomic E-state index is -0.431.